The molecule has 116 valence electrons. The summed E-state index contributed by atoms with van der Waals surface area (Å²) in [7, 11) is 3.25. The van der Waals surface area contributed by atoms with E-state index in [0.717, 1.165) is 30.6 Å². The van der Waals surface area contributed by atoms with Crippen LogP contribution in [0.3, 0.4) is 0 Å². The molecule has 5 nitrogen and oxygen atoms in total. The Morgan fingerprint density at radius 3 is 2.81 bits per heavy atom. The Hall–Kier alpha value is -1.75. The Balaban J connectivity index is 1.98. The molecule has 2 unspecified atom stereocenters. The molecule has 0 aliphatic heterocycles. The lowest BCUT2D eigenvalue weighted by Crippen LogP contribution is -2.36. The minimum absolute atomic E-state index is 0.219. The van der Waals surface area contributed by atoms with Gasteiger partial charge in [0.05, 0.1) is 20.1 Å². The number of hydrogen-bond donors (Lipinski definition) is 2. The van der Waals surface area contributed by atoms with Crippen LogP contribution in [0.25, 0.3) is 0 Å². The van der Waals surface area contributed by atoms with Crippen LogP contribution in [0.15, 0.2) is 18.2 Å². The Bertz CT molecular complexity index is 489. The molecule has 21 heavy (non-hydrogen) atoms. The summed E-state index contributed by atoms with van der Waals surface area (Å²) in [6, 6.07) is 6.03. The van der Waals surface area contributed by atoms with Gasteiger partial charge in [-0.25, -0.2) is 0 Å². The van der Waals surface area contributed by atoms with Crippen molar-refractivity contribution in [3.8, 4) is 11.5 Å². The molecule has 2 rings (SSSR count). The van der Waals surface area contributed by atoms with Crippen LogP contribution in [0.4, 0.5) is 0 Å². The van der Waals surface area contributed by atoms with E-state index in [-0.39, 0.29) is 12.0 Å². The molecule has 0 spiro atoms. The van der Waals surface area contributed by atoms with Crippen molar-refractivity contribution < 1.29 is 19.4 Å². The molecule has 0 radical (unpaired) electrons. The quantitative estimate of drug-likeness (QED) is 0.843. The van der Waals surface area contributed by atoms with Crippen molar-refractivity contribution in [1.29, 1.82) is 0 Å². The summed E-state index contributed by atoms with van der Waals surface area (Å²) in [5, 5.41) is 12.6. The first-order valence-corrected chi connectivity index (χ1v) is 7.31. The van der Waals surface area contributed by atoms with Crippen molar-refractivity contribution >= 4 is 5.97 Å². The molecule has 1 aromatic carbocycles. The van der Waals surface area contributed by atoms with Gasteiger partial charge in [0.15, 0.2) is 11.5 Å². The molecule has 1 aliphatic carbocycles. The lowest BCUT2D eigenvalue weighted by Gasteiger charge is -2.27. The second-order valence-electron chi connectivity index (χ2n) is 5.43. The number of aliphatic carboxylic acids is 1. The summed E-state index contributed by atoms with van der Waals surface area (Å²) in [5.41, 5.74) is 1.02. The third-order valence-electron chi connectivity index (χ3n) is 4.09. The second kappa shape index (κ2) is 7.31. The zero-order valence-corrected chi connectivity index (χ0v) is 12.6. The van der Waals surface area contributed by atoms with Crippen LogP contribution in [-0.2, 0) is 11.3 Å². The highest BCUT2D eigenvalue weighted by atomic mass is 16.5. The van der Waals surface area contributed by atoms with Crippen LogP contribution in [0, 0.1) is 5.92 Å². The molecule has 2 N–H and O–H groups in total. The van der Waals surface area contributed by atoms with Gasteiger partial charge < -0.3 is 19.9 Å². The molecule has 0 aromatic heterocycles. The number of benzene rings is 1. The number of carboxylic acid groups (broad SMARTS) is 1. The van der Waals surface area contributed by atoms with E-state index in [1.807, 2.05) is 18.2 Å². The van der Waals surface area contributed by atoms with Gasteiger partial charge in [-0.05, 0) is 25.3 Å². The fourth-order valence-corrected chi connectivity index (χ4v) is 2.95. The lowest BCUT2D eigenvalue weighted by atomic mass is 9.86. The van der Waals surface area contributed by atoms with Crippen LogP contribution < -0.4 is 14.8 Å². The average molecular weight is 293 g/mol. The fourth-order valence-electron chi connectivity index (χ4n) is 2.95. The van der Waals surface area contributed by atoms with Crippen LogP contribution in [0.2, 0.25) is 0 Å². The Morgan fingerprint density at radius 1 is 1.33 bits per heavy atom. The van der Waals surface area contributed by atoms with Gasteiger partial charge in [0.1, 0.15) is 0 Å². The maximum absolute atomic E-state index is 11.1. The molecule has 1 fully saturated rings. The predicted octanol–water partition coefficient (Wildman–Crippen LogP) is 2.44. The van der Waals surface area contributed by atoms with Gasteiger partial charge in [0, 0.05) is 18.2 Å². The number of ether oxygens (including phenoxy) is 2. The predicted molar refractivity (Wildman–Crippen MR) is 79.8 cm³/mol. The van der Waals surface area contributed by atoms with Crippen molar-refractivity contribution in [2.24, 2.45) is 5.92 Å². The van der Waals surface area contributed by atoms with Gasteiger partial charge in [-0.15, -0.1) is 0 Å². The monoisotopic (exact) mass is 293 g/mol. The van der Waals surface area contributed by atoms with Gasteiger partial charge in [-0.2, -0.15) is 0 Å². The third-order valence-corrected chi connectivity index (χ3v) is 4.09. The van der Waals surface area contributed by atoms with Crippen molar-refractivity contribution in [3.63, 3.8) is 0 Å². The van der Waals surface area contributed by atoms with Crippen LogP contribution >= 0.6 is 0 Å². The number of nitrogens with one attached hydrogen (secondary N) is 1. The molecule has 0 saturated heterocycles. The molecule has 5 heteroatoms. The zero-order valence-electron chi connectivity index (χ0n) is 12.6. The molecule has 2 atom stereocenters. The first kappa shape index (κ1) is 15.6. The standard InChI is InChI=1S/C16H23NO4/c1-20-14-8-4-6-12(15(14)21-2)10-17-13-7-3-5-11(9-13)16(18)19/h4,6,8,11,13,17H,3,5,7,9-10H2,1-2H3,(H,18,19). The highest BCUT2D eigenvalue weighted by Crippen LogP contribution is 2.31. The van der Waals surface area contributed by atoms with Gasteiger partial charge in [0.2, 0.25) is 0 Å². The number of para-hydroxylation sites is 1. The maximum atomic E-state index is 11.1. The van der Waals surface area contributed by atoms with E-state index in [0.29, 0.717) is 18.7 Å². The van der Waals surface area contributed by atoms with Crippen LogP contribution in [0.5, 0.6) is 11.5 Å². The molecule has 0 amide bonds. The third kappa shape index (κ3) is 3.88. The summed E-state index contributed by atoms with van der Waals surface area (Å²) in [4.78, 5) is 11.1. The first-order chi connectivity index (χ1) is 10.2. The van der Waals surface area contributed by atoms with Gasteiger partial charge >= 0.3 is 5.97 Å². The largest absolute Gasteiger partial charge is 0.493 e. The number of methoxy groups -OCH3 is 2. The van der Waals surface area contributed by atoms with E-state index in [1.54, 1.807) is 14.2 Å². The number of carbonyl (C=O) groups is 1. The van der Waals surface area contributed by atoms with E-state index < -0.39 is 5.97 Å². The molecule has 1 aliphatic rings. The minimum Gasteiger partial charge on any atom is -0.493 e. The molecular formula is C16H23NO4. The SMILES string of the molecule is COc1cccc(CNC2CCCC(C(=O)O)C2)c1OC. The zero-order chi connectivity index (χ0) is 15.2. The molecule has 1 saturated carbocycles. The Morgan fingerprint density at radius 2 is 2.14 bits per heavy atom. The first-order valence-electron chi connectivity index (χ1n) is 7.31. The number of carboxylic acids is 1. The molecule has 0 heterocycles. The Labute approximate surface area is 125 Å². The lowest BCUT2D eigenvalue weighted by molar-refractivity contribution is -0.143. The smallest absolute Gasteiger partial charge is 0.306 e. The summed E-state index contributed by atoms with van der Waals surface area (Å²) in [5.74, 6) is 0.547. The van der Waals surface area contributed by atoms with Crippen molar-refractivity contribution in [2.45, 2.75) is 38.3 Å². The second-order valence-corrected chi connectivity index (χ2v) is 5.43. The van der Waals surface area contributed by atoms with Crippen LogP contribution in [0.1, 0.15) is 31.2 Å². The van der Waals surface area contributed by atoms with E-state index >= 15 is 0 Å². The summed E-state index contributed by atoms with van der Waals surface area (Å²) in [6.45, 7) is 0.650. The van der Waals surface area contributed by atoms with E-state index in [1.165, 1.54) is 0 Å². The van der Waals surface area contributed by atoms with Crippen molar-refractivity contribution in [1.82, 2.24) is 5.32 Å². The summed E-state index contributed by atoms with van der Waals surface area (Å²) in [6.07, 6.45) is 3.47. The van der Waals surface area contributed by atoms with E-state index in [9.17, 15) is 4.79 Å². The highest BCUT2D eigenvalue weighted by molar-refractivity contribution is 5.70. The average Bonchev–Trinajstić information content (AvgIpc) is 2.52. The summed E-state index contributed by atoms with van der Waals surface area (Å²) >= 11 is 0. The Kier molecular flexibility index (Phi) is 5.44. The number of rotatable bonds is 6. The van der Waals surface area contributed by atoms with Gasteiger partial charge in [0.25, 0.3) is 0 Å². The molecule has 1 aromatic rings. The maximum Gasteiger partial charge on any atom is 0.306 e. The van der Waals surface area contributed by atoms with Gasteiger partial charge in [-0.3, -0.25) is 4.79 Å². The van der Waals surface area contributed by atoms with E-state index in [4.69, 9.17) is 14.6 Å². The van der Waals surface area contributed by atoms with Crippen molar-refractivity contribution in [2.75, 3.05) is 14.2 Å². The van der Waals surface area contributed by atoms with Crippen LogP contribution in [-0.4, -0.2) is 31.3 Å². The topological polar surface area (TPSA) is 67.8 Å². The van der Waals surface area contributed by atoms with Crippen molar-refractivity contribution in [3.05, 3.63) is 23.8 Å². The molecule has 0 bridgehead atoms. The summed E-state index contributed by atoms with van der Waals surface area (Å²) < 4.78 is 10.7. The minimum atomic E-state index is -0.680. The fraction of sp³-hybridized carbons (Fsp3) is 0.562. The normalized spacial score (nSPS) is 21.8. The number of hydrogen-bond acceptors (Lipinski definition) is 4. The highest BCUT2D eigenvalue weighted by Gasteiger charge is 2.26. The van der Waals surface area contributed by atoms with E-state index in [2.05, 4.69) is 5.32 Å². The van der Waals surface area contributed by atoms with Gasteiger partial charge in [-0.1, -0.05) is 18.6 Å². The molecular weight excluding hydrogens is 270 g/mol.